The van der Waals surface area contributed by atoms with Crippen molar-refractivity contribution in [2.24, 2.45) is 0 Å². The quantitative estimate of drug-likeness (QED) is 0.788. The Morgan fingerprint density at radius 2 is 2.57 bits per heavy atom. The number of allylic oxidation sites excluding steroid dienone is 1. The predicted molar refractivity (Wildman–Crippen MR) is 51.5 cm³/mol. The van der Waals surface area contributed by atoms with E-state index in [1.165, 1.54) is 0 Å². The van der Waals surface area contributed by atoms with Crippen molar-refractivity contribution in [3.05, 3.63) is 30.4 Å². The molecule has 2 rings (SSSR count). The van der Waals surface area contributed by atoms with Crippen LogP contribution in [0.3, 0.4) is 0 Å². The Morgan fingerprint density at radius 1 is 1.57 bits per heavy atom. The van der Waals surface area contributed by atoms with Gasteiger partial charge in [0.25, 0.3) is 0 Å². The first-order valence-electron chi connectivity index (χ1n) is 4.85. The van der Waals surface area contributed by atoms with E-state index in [1.54, 1.807) is 12.5 Å². The summed E-state index contributed by atoms with van der Waals surface area (Å²) in [6, 6.07) is 1.86. The second kappa shape index (κ2) is 4.81. The molecule has 1 unspecified atom stereocenters. The third-order valence-electron chi connectivity index (χ3n) is 2.19. The lowest BCUT2D eigenvalue weighted by molar-refractivity contribution is 0.122. The Balaban J connectivity index is 1.65. The lowest BCUT2D eigenvalue weighted by atomic mass is 10.1. The fourth-order valence-electron chi connectivity index (χ4n) is 1.42. The topological polar surface area (TPSA) is 47.3 Å². The zero-order valence-corrected chi connectivity index (χ0v) is 7.98. The van der Waals surface area contributed by atoms with Crippen LogP contribution < -0.4 is 5.32 Å². The van der Waals surface area contributed by atoms with Crippen LogP contribution in [0.1, 0.15) is 18.5 Å². The lowest BCUT2D eigenvalue weighted by Gasteiger charge is -2.19. The average molecular weight is 194 g/mol. The predicted octanol–water partition coefficient (Wildman–Crippen LogP) is 1.46. The van der Waals surface area contributed by atoms with Crippen molar-refractivity contribution >= 4 is 0 Å². The summed E-state index contributed by atoms with van der Waals surface area (Å²) >= 11 is 0. The van der Waals surface area contributed by atoms with Crippen molar-refractivity contribution in [1.82, 2.24) is 10.5 Å². The first-order chi connectivity index (χ1) is 6.95. The number of ether oxygens (including phenoxy) is 1. The Hall–Kier alpha value is -1.29. The minimum absolute atomic E-state index is 0.298. The second-order valence-electron chi connectivity index (χ2n) is 3.33. The molecule has 0 fully saturated rings. The molecule has 0 saturated heterocycles. The molecule has 1 aliphatic heterocycles. The molecule has 1 N–H and O–H groups in total. The van der Waals surface area contributed by atoms with Crippen molar-refractivity contribution in [3.63, 3.8) is 0 Å². The van der Waals surface area contributed by atoms with E-state index in [9.17, 15) is 0 Å². The molecule has 0 radical (unpaired) electrons. The standard InChI is InChI=1S/C10H14N2O2/c1-2-5-13-10(3-1)8-11-7-9-4-6-14-12-9/h2,4-6,10-11H,1,3,7-8H2. The van der Waals surface area contributed by atoms with Crippen LogP contribution in [0, 0.1) is 0 Å². The van der Waals surface area contributed by atoms with E-state index in [1.807, 2.05) is 12.1 Å². The van der Waals surface area contributed by atoms with E-state index in [0.29, 0.717) is 6.10 Å². The Labute approximate surface area is 82.9 Å². The fourth-order valence-corrected chi connectivity index (χ4v) is 1.42. The van der Waals surface area contributed by atoms with Crippen LogP contribution in [0.4, 0.5) is 0 Å². The van der Waals surface area contributed by atoms with Crippen molar-refractivity contribution in [3.8, 4) is 0 Å². The molecule has 0 aromatic carbocycles. The third-order valence-corrected chi connectivity index (χ3v) is 2.19. The SMILES string of the molecule is C1=COC(CNCc2ccon2)CC1. The maximum absolute atomic E-state index is 5.41. The Morgan fingerprint density at radius 3 is 3.29 bits per heavy atom. The van der Waals surface area contributed by atoms with Gasteiger partial charge in [-0.25, -0.2) is 0 Å². The van der Waals surface area contributed by atoms with Gasteiger partial charge >= 0.3 is 0 Å². The van der Waals surface area contributed by atoms with Crippen LogP contribution in [-0.2, 0) is 11.3 Å². The number of hydrogen-bond acceptors (Lipinski definition) is 4. The lowest BCUT2D eigenvalue weighted by Crippen LogP contribution is -2.28. The summed E-state index contributed by atoms with van der Waals surface area (Å²) in [7, 11) is 0. The highest BCUT2D eigenvalue weighted by Gasteiger charge is 2.09. The van der Waals surface area contributed by atoms with Crippen molar-refractivity contribution in [1.29, 1.82) is 0 Å². The zero-order valence-electron chi connectivity index (χ0n) is 7.98. The second-order valence-corrected chi connectivity index (χ2v) is 3.33. The van der Waals surface area contributed by atoms with E-state index in [-0.39, 0.29) is 0 Å². The summed E-state index contributed by atoms with van der Waals surface area (Å²) in [6.45, 7) is 1.59. The molecule has 1 aliphatic rings. The molecule has 1 aromatic rings. The van der Waals surface area contributed by atoms with Gasteiger partial charge in [-0.05, 0) is 18.9 Å². The average Bonchev–Trinajstić information content (AvgIpc) is 2.72. The number of aromatic nitrogens is 1. The van der Waals surface area contributed by atoms with Gasteiger partial charge in [-0.15, -0.1) is 0 Å². The summed E-state index contributed by atoms with van der Waals surface area (Å²) in [5, 5.41) is 7.08. The molecule has 1 atom stereocenters. The molecule has 4 heteroatoms. The van der Waals surface area contributed by atoms with E-state index in [0.717, 1.165) is 31.6 Å². The summed E-state index contributed by atoms with van der Waals surface area (Å²) in [4.78, 5) is 0. The first kappa shape index (κ1) is 9.27. The van der Waals surface area contributed by atoms with E-state index >= 15 is 0 Å². The summed E-state index contributed by atoms with van der Waals surface area (Å²) in [6.07, 6.45) is 7.90. The Bertz CT molecular complexity index is 282. The van der Waals surface area contributed by atoms with Crippen LogP contribution in [0.5, 0.6) is 0 Å². The highest BCUT2D eigenvalue weighted by molar-refractivity contribution is 4.94. The molecule has 4 nitrogen and oxygen atoms in total. The fraction of sp³-hybridized carbons (Fsp3) is 0.500. The zero-order chi connectivity index (χ0) is 9.64. The van der Waals surface area contributed by atoms with Gasteiger partial charge in [-0.1, -0.05) is 5.16 Å². The molecule has 1 aromatic heterocycles. The minimum atomic E-state index is 0.298. The molecular weight excluding hydrogens is 180 g/mol. The van der Waals surface area contributed by atoms with Crippen LogP contribution in [-0.4, -0.2) is 17.8 Å². The van der Waals surface area contributed by atoms with Crippen molar-refractivity contribution < 1.29 is 9.26 Å². The molecule has 2 heterocycles. The summed E-state index contributed by atoms with van der Waals surface area (Å²) in [5.41, 5.74) is 0.927. The highest BCUT2D eigenvalue weighted by atomic mass is 16.5. The van der Waals surface area contributed by atoms with Crippen molar-refractivity contribution in [2.75, 3.05) is 6.54 Å². The number of nitrogens with one attached hydrogen (secondary N) is 1. The molecule has 0 saturated carbocycles. The van der Waals surface area contributed by atoms with Crippen LogP contribution in [0.25, 0.3) is 0 Å². The molecule has 0 amide bonds. The van der Waals surface area contributed by atoms with Crippen LogP contribution in [0.2, 0.25) is 0 Å². The smallest absolute Gasteiger partial charge is 0.124 e. The highest BCUT2D eigenvalue weighted by Crippen LogP contribution is 2.09. The Kier molecular flexibility index (Phi) is 3.19. The monoisotopic (exact) mass is 194 g/mol. The van der Waals surface area contributed by atoms with Gasteiger partial charge in [-0.2, -0.15) is 0 Å². The van der Waals surface area contributed by atoms with Gasteiger partial charge in [0, 0.05) is 19.2 Å². The molecule has 0 bridgehead atoms. The van der Waals surface area contributed by atoms with Gasteiger partial charge in [0.2, 0.25) is 0 Å². The molecule has 0 spiro atoms. The molecule has 14 heavy (non-hydrogen) atoms. The number of nitrogens with zero attached hydrogens (tertiary/aromatic N) is 1. The van der Waals surface area contributed by atoms with Gasteiger partial charge in [0.1, 0.15) is 12.4 Å². The van der Waals surface area contributed by atoms with Crippen LogP contribution >= 0.6 is 0 Å². The molecular formula is C10H14N2O2. The van der Waals surface area contributed by atoms with E-state index < -0.39 is 0 Å². The third kappa shape index (κ3) is 2.60. The summed E-state index contributed by atoms with van der Waals surface area (Å²) < 4.78 is 10.1. The number of rotatable bonds is 4. The van der Waals surface area contributed by atoms with Gasteiger partial charge in [0.15, 0.2) is 0 Å². The first-order valence-corrected chi connectivity index (χ1v) is 4.85. The van der Waals surface area contributed by atoms with Crippen molar-refractivity contribution in [2.45, 2.75) is 25.5 Å². The van der Waals surface area contributed by atoms with E-state index in [4.69, 9.17) is 9.26 Å². The van der Waals surface area contributed by atoms with Gasteiger partial charge in [0.05, 0.1) is 12.0 Å². The van der Waals surface area contributed by atoms with Crippen LogP contribution in [0.15, 0.2) is 29.2 Å². The summed E-state index contributed by atoms with van der Waals surface area (Å²) in [5.74, 6) is 0. The number of hydrogen-bond donors (Lipinski definition) is 1. The maximum atomic E-state index is 5.41. The van der Waals surface area contributed by atoms with E-state index in [2.05, 4.69) is 10.5 Å². The van der Waals surface area contributed by atoms with Gasteiger partial charge < -0.3 is 14.6 Å². The minimum Gasteiger partial charge on any atom is -0.497 e. The maximum Gasteiger partial charge on any atom is 0.124 e. The largest absolute Gasteiger partial charge is 0.497 e. The molecule has 0 aliphatic carbocycles. The normalized spacial score (nSPS) is 20.7. The van der Waals surface area contributed by atoms with Gasteiger partial charge in [-0.3, -0.25) is 0 Å². The molecule has 76 valence electrons.